The van der Waals surface area contributed by atoms with Gasteiger partial charge in [-0.1, -0.05) is 24.3 Å². The normalized spacial score (nSPS) is 16.2. The van der Waals surface area contributed by atoms with E-state index in [4.69, 9.17) is 4.74 Å². The number of hydrogen-bond acceptors (Lipinski definition) is 4. The molecule has 0 spiro atoms. The molecule has 0 saturated heterocycles. The van der Waals surface area contributed by atoms with E-state index in [1.165, 1.54) is 18.5 Å². The van der Waals surface area contributed by atoms with Crippen LogP contribution in [0.4, 0.5) is 10.3 Å². The van der Waals surface area contributed by atoms with Crippen LogP contribution in [0.2, 0.25) is 0 Å². The molecule has 1 amide bonds. The molecule has 7 heteroatoms. The van der Waals surface area contributed by atoms with Crippen LogP contribution in [-0.2, 0) is 11.4 Å². The van der Waals surface area contributed by atoms with Crippen LogP contribution >= 0.6 is 0 Å². The van der Waals surface area contributed by atoms with E-state index in [9.17, 15) is 9.18 Å². The Morgan fingerprint density at radius 1 is 1.16 bits per heavy atom. The molecule has 1 atom stereocenters. The quantitative estimate of drug-likeness (QED) is 0.794. The molecule has 1 aliphatic heterocycles. The maximum Gasteiger partial charge on any atom is 0.229 e. The van der Waals surface area contributed by atoms with Gasteiger partial charge in [0.2, 0.25) is 11.9 Å². The molecular weight excluding hydrogens is 323 g/mol. The van der Waals surface area contributed by atoms with Crippen molar-refractivity contribution >= 4 is 11.9 Å². The number of aromatic nitrogens is 3. The lowest BCUT2D eigenvalue weighted by Gasteiger charge is -2.23. The van der Waals surface area contributed by atoms with Crippen molar-refractivity contribution in [1.29, 1.82) is 0 Å². The second-order valence-corrected chi connectivity index (χ2v) is 5.78. The maximum atomic E-state index is 12.9. The summed E-state index contributed by atoms with van der Waals surface area (Å²) in [6.07, 6.45) is 1.74. The highest BCUT2D eigenvalue weighted by molar-refractivity contribution is 5.91. The van der Waals surface area contributed by atoms with Crippen molar-refractivity contribution in [3.63, 3.8) is 0 Å². The van der Waals surface area contributed by atoms with Crippen molar-refractivity contribution in [2.75, 3.05) is 5.32 Å². The number of halogens is 1. The van der Waals surface area contributed by atoms with Gasteiger partial charge < -0.3 is 4.74 Å². The average Bonchev–Trinajstić information content (AvgIpc) is 3.09. The second-order valence-electron chi connectivity index (χ2n) is 5.78. The first-order chi connectivity index (χ1) is 12.2. The van der Waals surface area contributed by atoms with Crippen LogP contribution in [0.1, 0.15) is 23.6 Å². The molecule has 2 aromatic carbocycles. The van der Waals surface area contributed by atoms with Gasteiger partial charge >= 0.3 is 0 Å². The van der Waals surface area contributed by atoms with E-state index in [-0.39, 0.29) is 17.8 Å². The predicted molar refractivity (Wildman–Crippen MR) is 88.6 cm³/mol. The molecule has 0 saturated carbocycles. The second kappa shape index (κ2) is 6.35. The van der Waals surface area contributed by atoms with Gasteiger partial charge in [0.25, 0.3) is 0 Å². The van der Waals surface area contributed by atoms with Gasteiger partial charge in [-0.15, -0.1) is 0 Å². The predicted octanol–water partition coefficient (Wildman–Crippen LogP) is 2.93. The minimum atomic E-state index is -0.267. The van der Waals surface area contributed by atoms with E-state index in [2.05, 4.69) is 15.4 Å². The van der Waals surface area contributed by atoms with E-state index in [1.54, 1.807) is 16.8 Å². The summed E-state index contributed by atoms with van der Waals surface area (Å²) in [5, 5.41) is 6.88. The topological polar surface area (TPSA) is 69.0 Å². The molecule has 2 heterocycles. The molecule has 3 aromatic rings. The van der Waals surface area contributed by atoms with Crippen molar-refractivity contribution < 1.29 is 13.9 Å². The Balaban J connectivity index is 1.47. The zero-order valence-electron chi connectivity index (χ0n) is 13.2. The number of rotatable bonds is 4. The number of nitrogens with zero attached hydrogens (tertiary/aromatic N) is 3. The van der Waals surface area contributed by atoms with E-state index < -0.39 is 0 Å². The summed E-state index contributed by atoms with van der Waals surface area (Å²) >= 11 is 0. The molecule has 0 fully saturated rings. The number of hydrogen-bond donors (Lipinski definition) is 1. The minimum absolute atomic E-state index is 0.0814. The molecule has 0 unspecified atom stereocenters. The fourth-order valence-electron chi connectivity index (χ4n) is 2.80. The molecule has 126 valence electrons. The Hall–Kier alpha value is -3.22. The van der Waals surface area contributed by atoms with Gasteiger partial charge in [0.1, 0.15) is 24.5 Å². The summed E-state index contributed by atoms with van der Waals surface area (Å²) in [6.45, 7) is 0.360. The van der Waals surface area contributed by atoms with Gasteiger partial charge in [-0.3, -0.25) is 10.1 Å². The van der Waals surface area contributed by atoms with E-state index in [1.807, 2.05) is 24.3 Å². The molecule has 25 heavy (non-hydrogen) atoms. The van der Waals surface area contributed by atoms with Gasteiger partial charge in [-0.05, 0) is 35.4 Å². The smallest absolute Gasteiger partial charge is 0.229 e. The number of fused-ring (bicyclic) bond motifs is 1. The van der Waals surface area contributed by atoms with Crippen molar-refractivity contribution in [1.82, 2.24) is 14.8 Å². The number of ether oxygens (including phenoxy) is 1. The Morgan fingerprint density at radius 2 is 1.92 bits per heavy atom. The van der Waals surface area contributed by atoms with Gasteiger partial charge in [-0.25, -0.2) is 9.07 Å². The minimum Gasteiger partial charge on any atom is -0.489 e. The van der Waals surface area contributed by atoms with Crippen LogP contribution in [0.5, 0.6) is 5.75 Å². The molecule has 1 aliphatic rings. The zero-order valence-corrected chi connectivity index (χ0v) is 13.2. The van der Waals surface area contributed by atoms with Gasteiger partial charge in [-0.2, -0.15) is 10.1 Å². The number of carbonyl (C=O) groups is 1. The lowest BCUT2D eigenvalue weighted by Crippen LogP contribution is -2.29. The fraction of sp³-hybridized carbons (Fsp3) is 0.167. The lowest BCUT2D eigenvalue weighted by molar-refractivity contribution is -0.117. The first kappa shape index (κ1) is 15.3. The van der Waals surface area contributed by atoms with Crippen LogP contribution in [0.25, 0.3) is 0 Å². The molecule has 0 aliphatic carbocycles. The molecule has 0 radical (unpaired) electrons. The number of nitrogens with one attached hydrogen (secondary N) is 1. The number of carbonyl (C=O) groups excluding carboxylic acids is 1. The third kappa shape index (κ3) is 3.21. The highest BCUT2D eigenvalue weighted by Gasteiger charge is 2.27. The summed E-state index contributed by atoms with van der Waals surface area (Å²) in [6, 6.07) is 13.5. The lowest BCUT2D eigenvalue weighted by atomic mass is 10.0. The van der Waals surface area contributed by atoms with Crippen LogP contribution in [0, 0.1) is 5.82 Å². The number of anilines is 1. The van der Waals surface area contributed by atoms with Crippen molar-refractivity contribution in [2.24, 2.45) is 0 Å². The number of benzene rings is 2. The van der Waals surface area contributed by atoms with Crippen molar-refractivity contribution in [2.45, 2.75) is 19.1 Å². The molecule has 4 rings (SSSR count). The highest BCUT2D eigenvalue weighted by Crippen LogP contribution is 2.29. The van der Waals surface area contributed by atoms with E-state index >= 15 is 0 Å². The molecular formula is C18H15FN4O2. The van der Waals surface area contributed by atoms with Gasteiger partial charge in [0, 0.05) is 0 Å². The third-order valence-corrected chi connectivity index (χ3v) is 4.08. The van der Waals surface area contributed by atoms with Crippen molar-refractivity contribution in [3.8, 4) is 5.75 Å². The standard InChI is InChI=1S/C18H15FN4O2/c19-14-5-1-12(2-6-14)10-25-15-7-3-13(4-8-15)16-9-17(24)22-18-20-11-21-23(16)18/h1-8,11,16H,9-10H2,(H,20,21,22,24)/t16-/m0/s1. The van der Waals surface area contributed by atoms with Crippen LogP contribution in [0.3, 0.4) is 0 Å². The number of amides is 1. The van der Waals surface area contributed by atoms with Crippen LogP contribution < -0.4 is 10.1 Å². The SMILES string of the molecule is O=C1C[C@@H](c2ccc(OCc3ccc(F)cc3)cc2)n2ncnc2N1. The maximum absolute atomic E-state index is 12.9. The molecule has 0 bridgehead atoms. The van der Waals surface area contributed by atoms with E-state index in [0.717, 1.165) is 11.1 Å². The summed E-state index contributed by atoms with van der Waals surface area (Å²) in [4.78, 5) is 15.9. The summed E-state index contributed by atoms with van der Waals surface area (Å²) in [5.74, 6) is 0.810. The molecule has 1 aromatic heterocycles. The fourth-order valence-corrected chi connectivity index (χ4v) is 2.80. The Morgan fingerprint density at radius 3 is 2.68 bits per heavy atom. The Bertz CT molecular complexity index is 890. The van der Waals surface area contributed by atoms with Crippen LogP contribution in [0.15, 0.2) is 54.9 Å². The van der Waals surface area contributed by atoms with Gasteiger partial charge in [0.15, 0.2) is 0 Å². The molecule has 1 N–H and O–H groups in total. The summed E-state index contributed by atoms with van der Waals surface area (Å²) in [7, 11) is 0. The van der Waals surface area contributed by atoms with Crippen LogP contribution in [-0.4, -0.2) is 20.7 Å². The average molecular weight is 338 g/mol. The summed E-state index contributed by atoms with van der Waals surface area (Å²) < 4.78 is 20.3. The van der Waals surface area contributed by atoms with Crippen molar-refractivity contribution in [3.05, 3.63) is 71.8 Å². The highest BCUT2D eigenvalue weighted by atomic mass is 19.1. The Labute approximate surface area is 143 Å². The molecule has 6 nitrogen and oxygen atoms in total. The Kier molecular flexibility index (Phi) is 3.89. The largest absolute Gasteiger partial charge is 0.489 e. The monoisotopic (exact) mass is 338 g/mol. The first-order valence-electron chi connectivity index (χ1n) is 7.85. The van der Waals surface area contributed by atoms with Gasteiger partial charge in [0.05, 0.1) is 12.5 Å². The first-order valence-corrected chi connectivity index (χ1v) is 7.85. The third-order valence-electron chi connectivity index (χ3n) is 4.08. The van der Waals surface area contributed by atoms with E-state index in [0.29, 0.717) is 24.7 Å². The summed E-state index contributed by atoms with van der Waals surface area (Å²) in [5.41, 5.74) is 1.84. The zero-order chi connectivity index (χ0) is 17.2.